The first kappa shape index (κ1) is 21.6. The molecule has 0 amide bonds. The van der Waals surface area contributed by atoms with Crippen molar-refractivity contribution in [1.29, 1.82) is 0 Å². The summed E-state index contributed by atoms with van der Waals surface area (Å²) >= 11 is 5.70. The normalized spacial score (nSPS) is 10.8. The maximum atomic E-state index is 12.9. The number of nitrogens with one attached hydrogen (secondary N) is 2. The summed E-state index contributed by atoms with van der Waals surface area (Å²) in [5.74, 6) is 1.52. The fraction of sp³-hybridized carbons (Fsp3) is 0.200. The molecule has 0 aliphatic rings. The number of ether oxygens (including phenoxy) is 1. The minimum atomic E-state index is -0.122. The van der Waals surface area contributed by atoms with Crippen molar-refractivity contribution in [1.82, 2.24) is 9.88 Å². The number of fused-ring (bicyclic) bond motifs is 1. The Labute approximate surface area is 191 Å². The molecule has 0 fully saturated rings. The van der Waals surface area contributed by atoms with Crippen LogP contribution >= 0.6 is 12.2 Å². The van der Waals surface area contributed by atoms with Crippen molar-refractivity contribution in [3.05, 3.63) is 93.7 Å². The van der Waals surface area contributed by atoms with Crippen LogP contribution in [0.1, 0.15) is 22.5 Å². The number of methoxy groups -OCH3 is 1. The van der Waals surface area contributed by atoms with Gasteiger partial charge in [0.05, 0.1) is 32.0 Å². The monoisotopic (exact) mass is 447 g/mol. The molecule has 2 N–H and O–H groups in total. The molecule has 4 aromatic rings. The molecule has 2 aromatic carbocycles. The first-order valence-corrected chi connectivity index (χ1v) is 10.7. The predicted octanol–water partition coefficient (Wildman–Crippen LogP) is 5.15. The van der Waals surface area contributed by atoms with Gasteiger partial charge < -0.3 is 24.4 Å². The lowest BCUT2D eigenvalue weighted by atomic mass is 10.0. The van der Waals surface area contributed by atoms with E-state index in [1.54, 1.807) is 13.4 Å². The molecule has 0 bridgehead atoms. The van der Waals surface area contributed by atoms with Crippen LogP contribution in [0.5, 0.6) is 5.75 Å². The fourth-order valence-electron chi connectivity index (χ4n) is 3.56. The van der Waals surface area contributed by atoms with E-state index in [1.807, 2.05) is 67.3 Å². The molecule has 0 unspecified atom stereocenters. The third-order valence-corrected chi connectivity index (χ3v) is 5.90. The van der Waals surface area contributed by atoms with Crippen LogP contribution in [-0.2, 0) is 13.1 Å². The van der Waals surface area contributed by atoms with Gasteiger partial charge in [-0.05, 0) is 85.0 Å². The standard InChI is InChI=1S/C25H25N3O3S/c1-16-6-7-18-13-19(24(29)27-23(18)17(16)2)14-28(15-22-5-4-12-31-22)25(32)26-20-8-10-21(30-3)11-9-20/h4-13H,14-15H2,1-3H3,(H,26,32)(H,27,29). The Morgan fingerprint density at radius 2 is 1.91 bits per heavy atom. The summed E-state index contributed by atoms with van der Waals surface area (Å²) in [6.45, 7) is 4.82. The van der Waals surface area contributed by atoms with E-state index in [4.69, 9.17) is 21.4 Å². The lowest BCUT2D eigenvalue weighted by Gasteiger charge is -2.25. The molecule has 4 rings (SSSR count). The molecule has 0 saturated heterocycles. The van der Waals surface area contributed by atoms with Gasteiger partial charge in [0.1, 0.15) is 11.5 Å². The first-order chi connectivity index (χ1) is 15.4. The van der Waals surface area contributed by atoms with E-state index in [9.17, 15) is 4.79 Å². The Balaban J connectivity index is 1.63. The summed E-state index contributed by atoms with van der Waals surface area (Å²) in [6, 6.07) is 17.3. The van der Waals surface area contributed by atoms with Crippen molar-refractivity contribution >= 4 is 33.9 Å². The predicted molar refractivity (Wildman–Crippen MR) is 131 cm³/mol. The summed E-state index contributed by atoms with van der Waals surface area (Å²) in [5, 5.41) is 4.73. The zero-order chi connectivity index (χ0) is 22.7. The zero-order valence-corrected chi connectivity index (χ0v) is 19.1. The van der Waals surface area contributed by atoms with Gasteiger partial charge in [0.2, 0.25) is 0 Å². The van der Waals surface area contributed by atoms with Crippen LogP contribution in [0.2, 0.25) is 0 Å². The minimum Gasteiger partial charge on any atom is -0.497 e. The Morgan fingerprint density at radius 1 is 1.12 bits per heavy atom. The topological polar surface area (TPSA) is 70.5 Å². The number of aromatic nitrogens is 1. The number of nitrogens with zero attached hydrogens (tertiary/aromatic N) is 1. The van der Waals surface area contributed by atoms with Crippen molar-refractivity contribution in [2.45, 2.75) is 26.9 Å². The molecular weight excluding hydrogens is 422 g/mol. The van der Waals surface area contributed by atoms with E-state index in [0.29, 0.717) is 23.8 Å². The molecule has 32 heavy (non-hydrogen) atoms. The number of hydrogen-bond donors (Lipinski definition) is 2. The third kappa shape index (κ3) is 4.68. The second kappa shape index (κ2) is 9.28. The Kier molecular flexibility index (Phi) is 6.28. The van der Waals surface area contributed by atoms with Crippen LogP contribution in [0.3, 0.4) is 0 Å². The first-order valence-electron chi connectivity index (χ1n) is 10.3. The number of benzene rings is 2. The lowest BCUT2D eigenvalue weighted by Crippen LogP contribution is -2.35. The lowest BCUT2D eigenvalue weighted by molar-refractivity contribution is 0.359. The van der Waals surface area contributed by atoms with Crippen molar-refractivity contribution in [2.75, 3.05) is 12.4 Å². The van der Waals surface area contributed by atoms with E-state index < -0.39 is 0 Å². The van der Waals surface area contributed by atoms with Crippen LogP contribution in [0.15, 0.2) is 70.1 Å². The number of pyridine rings is 1. The highest BCUT2D eigenvalue weighted by Crippen LogP contribution is 2.21. The SMILES string of the molecule is COc1ccc(NC(=S)N(Cc2ccco2)Cc2cc3ccc(C)c(C)c3[nH]c2=O)cc1. The van der Waals surface area contributed by atoms with E-state index in [-0.39, 0.29) is 5.56 Å². The number of anilines is 1. The summed E-state index contributed by atoms with van der Waals surface area (Å²) in [4.78, 5) is 17.9. The van der Waals surface area contributed by atoms with Crippen LogP contribution in [0, 0.1) is 13.8 Å². The van der Waals surface area contributed by atoms with Gasteiger partial charge >= 0.3 is 0 Å². The summed E-state index contributed by atoms with van der Waals surface area (Å²) in [7, 11) is 1.63. The second-order valence-corrected chi connectivity index (χ2v) is 8.08. The maximum absolute atomic E-state index is 12.9. The van der Waals surface area contributed by atoms with Gasteiger partial charge in [-0.3, -0.25) is 4.79 Å². The van der Waals surface area contributed by atoms with Gasteiger partial charge in [0.25, 0.3) is 5.56 Å². The van der Waals surface area contributed by atoms with Gasteiger partial charge in [-0.2, -0.15) is 0 Å². The number of thiocarbonyl (C=S) groups is 1. The Hall–Kier alpha value is -3.58. The van der Waals surface area contributed by atoms with Crippen LogP contribution in [-0.4, -0.2) is 22.1 Å². The molecule has 2 aromatic heterocycles. The van der Waals surface area contributed by atoms with E-state index >= 15 is 0 Å². The molecule has 0 saturated carbocycles. The van der Waals surface area contributed by atoms with E-state index in [1.165, 1.54) is 0 Å². The van der Waals surface area contributed by atoms with Crippen LogP contribution < -0.4 is 15.6 Å². The highest BCUT2D eigenvalue weighted by atomic mass is 32.1. The molecule has 0 radical (unpaired) electrons. The molecule has 0 aliphatic heterocycles. The van der Waals surface area contributed by atoms with E-state index in [0.717, 1.165) is 39.2 Å². The van der Waals surface area contributed by atoms with Gasteiger partial charge in [0, 0.05) is 11.3 Å². The number of rotatable bonds is 6. The molecule has 164 valence electrons. The summed E-state index contributed by atoms with van der Waals surface area (Å²) in [5.41, 5.74) is 4.43. The Bertz CT molecular complexity index is 1290. The summed E-state index contributed by atoms with van der Waals surface area (Å²) in [6.07, 6.45) is 1.63. The largest absolute Gasteiger partial charge is 0.497 e. The van der Waals surface area contributed by atoms with Gasteiger partial charge in [-0.25, -0.2) is 0 Å². The smallest absolute Gasteiger partial charge is 0.253 e. The average Bonchev–Trinajstić information content (AvgIpc) is 3.30. The van der Waals surface area contributed by atoms with Crippen molar-refractivity contribution in [3.63, 3.8) is 0 Å². The molecule has 6 nitrogen and oxygen atoms in total. The third-order valence-electron chi connectivity index (χ3n) is 5.54. The van der Waals surface area contributed by atoms with Crippen molar-refractivity contribution in [2.24, 2.45) is 0 Å². The van der Waals surface area contributed by atoms with Gasteiger partial charge in [-0.15, -0.1) is 0 Å². The molecule has 0 atom stereocenters. The summed E-state index contributed by atoms with van der Waals surface area (Å²) < 4.78 is 10.7. The average molecular weight is 448 g/mol. The molecule has 0 aliphatic carbocycles. The molecule has 7 heteroatoms. The zero-order valence-electron chi connectivity index (χ0n) is 18.3. The number of furan rings is 1. The number of H-pyrrole nitrogens is 1. The van der Waals surface area contributed by atoms with Crippen LogP contribution in [0.4, 0.5) is 5.69 Å². The molecular formula is C25H25N3O3S. The molecule has 2 heterocycles. The van der Waals surface area contributed by atoms with Gasteiger partial charge in [-0.1, -0.05) is 12.1 Å². The Morgan fingerprint density at radius 3 is 2.59 bits per heavy atom. The highest BCUT2D eigenvalue weighted by Gasteiger charge is 2.16. The number of hydrogen-bond acceptors (Lipinski definition) is 4. The minimum absolute atomic E-state index is 0.122. The second-order valence-electron chi connectivity index (χ2n) is 7.69. The van der Waals surface area contributed by atoms with Crippen LogP contribution in [0.25, 0.3) is 10.9 Å². The number of aryl methyl sites for hydroxylation is 2. The fourth-order valence-corrected chi connectivity index (χ4v) is 3.81. The van der Waals surface area contributed by atoms with Gasteiger partial charge in [0.15, 0.2) is 5.11 Å². The maximum Gasteiger partial charge on any atom is 0.253 e. The van der Waals surface area contributed by atoms with E-state index in [2.05, 4.69) is 16.4 Å². The van der Waals surface area contributed by atoms with Crippen molar-refractivity contribution in [3.8, 4) is 5.75 Å². The van der Waals surface area contributed by atoms with Crippen molar-refractivity contribution < 1.29 is 9.15 Å². The quantitative estimate of drug-likeness (QED) is 0.399. The molecule has 0 spiro atoms. The number of aromatic amines is 1. The highest BCUT2D eigenvalue weighted by molar-refractivity contribution is 7.80.